The fourth-order valence-electron chi connectivity index (χ4n) is 3.15. The number of nitrogens with zero attached hydrogens (tertiary/aromatic N) is 7. The largest absolute Gasteiger partial charge is 0.353 e. The first kappa shape index (κ1) is 15.8. The summed E-state index contributed by atoms with van der Waals surface area (Å²) in [6, 6.07) is 3.70. The standard InChI is InChI=1S/C18H21N7/c1-12-13(2)21-16(14-3-4-14)23-17(12)24-7-9-25(10-8-24)18-20-6-5-15(11-19)22-18/h5-6,14H,3-4,7-10H2,1-2H3. The monoisotopic (exact) mass is 335 g/mol. The number of aromatic nitrogens is 4. The van der Waals surface area contributed by atoms with Crippen molar-refractivity contribution in [3.05, 3.63) is 35.0 Å². The molecule has 0 amide bonds. The van der Waals surface area contributed by atoms with Crippen molar-refractivity contribution in [2.45, 2.75) is 32.6 Å². The summed E-state index contributed by atoms with van der Waals surface area (Å²) in [5, 5.41) is 9.00. The molecule has 0 aromatic carbocycles. The van der Waals surface area contributed by atoms with Crippen molar-refractivity contribution in [3.8, 4) is 6.07 Å². The highest BCUT2D eigenvalue weighted by molar-refractivity contribution is 5.50. The molecule has 2 aromatic heterocycles. The zero-order chi connectivity index (χ0) is 17.4. The molecule has 1 saturated heterocycles. The molecule has 7 nitrogen and oxygen atoms in total. The van der Waals surface area contributed by atoms with Crippen LogP contribution in [0.15, 0.2) is 12.3 Å². The molecule has 7 heteroatoms. The minimum atomic E-state index is 0.406. The van der Waals surface area contributed by atoms with Crippen molar-refractivity contribution >= 4 is 11.8 Å². The first-order chi connectivity index (χ1) is 12.2. The van der Waals surface area contributed by atoms with Crippen LogP contribution in [-0.4, -0.2) is 46.1 Å². The van der Waals surface area contributed by atoms with Gasteiger partial charge in [0.1, 0.15) is 23.4 Å². The zero-order valence-electron chi connectivity index (χ0n) is 14.6. The van der Waals surface area contributed by atoms with Crippen LogP contribution < -0.4 is 9.80 Å². The molecular weight excluding hydrogens is 314 g/mol. The zero-order valence-corrected chi connectivity index (χ0v) is 14.6. The van der Waals surface area contributed by atoms with E-state index in [0.717, 1.165) is 43.5 Å². The van der Waals surface area contributed by atoms with E-state index in [1.54, 1.807) is 12.3 Å². The van der Waals surface area contributed by atoms with E-state index < -0.39 is 0 Å². The molecule has 0 spiro atoms. The van der Waals surface area contributed by atoms with E-state index in [1.165, 1.54) is 18.4 Å². The molecule has 2 fully saturated rings. The second-order valence-electron chi connectivity index (χ2n) is 6.72. The Hall–Kier alpha value is -2.75. The molecular formula is C18H21N7. The smallest absolute Gasteiger partial charge is 0.226 e. The summed E-state index contributed by atoms with van der Waals surface area (Å²) in [5.74, 6) is 3.26. The Labute approximate surface area is 147 Å². The van der Waals surface area contributed by atoms with Crippen LogP contribution >= 0.6 is 0 Å². The summed E-state index contributed by atoms with van der Waals surface area (Å²) in [4.78, 5) is 22.6. The summed E-state index contributed by atoms with van der Waals surface area (Å²) in [6.45, 7) is 7.53. The molecule has 1 aliphatic heterocycles. The van der Waals surface area contributed by atoms with Crippen molar-refractivity contribution in [2.24, 2.45) is 0 Å². The predicted molar refractivity (Wildman–Crippen MR) is 94.7 cm³/mol. The molecule has 2 aliphatic rings. The van der Waals surface area contributed by atoms with Gasteiger partial charge in [-0.15, -0.1) is 0 Å². The number of anilines is 2. The van der Waals surface area contributed by atoms with Crippen LogP contribution in [-0.2, 0) is 0 Å². The van der Waals surface area contributed by atoms with Crippen LogP contribution in [0, 0.1) is 25.2 Å². The van der Waals surface area contributed by atoms with Gasteiger partial charge >= 0.3 is 0 Å². The van der Waals surface area contributed by atoms with Gasteiger partial charge < -0.3 is 9.80 Å². The Morgan fingerprint density at radius 2 is 1.76 bits per heavy atom. The maximum absolute atomic E-state index is 9.00. The highest BCUT2D eigenvalue weighted by Crippen LogP contribution is 2.39. The molecule has 1 saturated carbocycles. The van der Waals surface area contributed by atoms with Crippen LogP contribution in [0.25, 0.3) is 0 Å². The van der Waals surface area contributed by atoms with Gasteiger partial charge in [0.05, 0.1) is 0 Å². The van der Waals surface area contributed by atoms with Crippen LogP contribution in [0.2, 0.25) is 0 Å². The van der Waals surface area contributed by atoms with E-state index in [2.05, 4.69) is 44.7 Å². The van der Waals surface area contributed by atoms with E-state index in [-0.39, 0.29) is 0 Å². The lowest BCUT2D eigenvalue weighted by atomic mass is 10.2. The summed E-state index contributed by atoms with van der Waals surface area (Å²) < 4.78 is 0. The highest BCUT2D eigenvalue weighted by Gasteiger charge is 2.29. The molecule has 4 rings (SSSR count). The average molecular weight is 335 g/mol. The number of piperazine rings is 1. The lowest BCUT2D eigenvalue weighted by molar-refractivity contribution is 0.629. The van der Waals surface area contributed by atoms with Gasteiger partial charge in [0.25, 0.3) is 0 Å². The number of hydrogen-bond donors (Lipinski definition) is 0. The Balaban J connectivity index is 1.51. The molecule has 0 atom stereocenters. The Morgan fingerprint density at radius 1 is 1.04 bits per heavy atom. The minimum absolute atomic E-state index is 0.406. The highest BCUT2D eigenvalue weighted by atomic mass is 15.3. The summed E-state index contributed by atoms with van der Waals surface area (Å²) >= 11 is 0. The molecule has 1 aliphatic carbocycles. The van der Waals surface area contributed by atoms with E-state index in [1.807, 2.05) is 0 Å². The third-order valence-electron chi connectivity index (χ3n) is 4.94. The Bertz CT molecular complexity index is 830. The quantitative estimate of drug-likeness (QED) is 0.848. The van der Waals surface area contributed by atoms with Crippen molar-refractivity contribution in [1.29, 1.82) is 5.26 Å². The molecule has 0 unspecified atom stereocenters. The van der Waals surface area contributed by atoms with Gasteiger partial charge in [0.15, 0.2) is 0 Å². The molecule has 0 radical (unpaired) electrons. The van der Waals surface area contributed by atoms with Crippen LogP contribution in [0.1, 0.15) is 41.5 Å². The Kier molecular flexibility index (Phi) is 3.96. The van der Waals surface area contributed by atoms with Crippen molar-refractivity contribution in [2.75, 3.05) is 36.0 Å². The summed E-state index contributed by atoms with van der Waals surface area (Å²) in [5.41, 5.74) is 2.66. The van der Waals surface area contributed by atoms with Crippen molar-refractivity contribution in [3.63, 3.8) is 0 Å². The average Bonchev–Trinajstić information content (AvgIpc) is 3.49. The van der Waals surface area contributed by atoms with Crippen molar-refractivity contribution in [1.82, 2.24) is 19.9 Å². The van der Waals surface area contributed by atoms with Gasteiger partial charge in [-0.05, 0) is 32.8 Å². The predicted octanol–water partition coefficient (Wildman–Crippen LogP) is 1.96. The third-order valence-corrected chi connectivity index (χ3v) is 4.94. The summed E-state index contributed by atoms with van der Waals surface area (Å²) in [7, 11) is 0. The normalized spacial score (nSPS) is 17.5. The molecule has 2 aromatic rings. The SMILES string of the molecule is Cc1nc(C2CC2)nc(N2CCN(c3nccc(C#N)n3)CC2)c1C. The first-order valence-corrected chi connectivity index (χ1v) is 8.74. The topological polar surface area (TPSA) is 81.8 Å². The van der Waals surface area contributed by atoms with Gasteiger partial charge in [-0.2, -0.15) is 5.26 Å². The molecule has 128 valence electrons. The fourth-order valence-corrected chi connectivity index (χ4v) is 3.15. The number of rotatable bonds is 3. The van der Waals surface area contributed by atoms with Gasteiger partial charge in [-0.1, -0.05) is 0 Å². The van der Waals surface area contributed by atoms with E-state index in [0.29, 0.717) is 17.6 Å². The van der Waals surface area contributed by atoms with Gasteiger partial charge in [0.2, 0.25) is 5.95 Å². The second kappa shape index (κ2) is 6.28. The van der Waals surface area contributed by atoms with E-state index in [9.17, 15) is 0 Å². The van der Waals surface area contributed by atoms with Crippen molar-refractivity contribution < 1.29 is 0 Å². The van der Waals surface area contributed by atoms with E-state index in [4.69, 9.17) is 10.2 Å². The maximum atomic E-state index is 9.00. The lowest BCUT2D eigenvalue weighted by Gasteiger charge is -2.36. The van der Waals surface area contributed by atoms with Crippen LogP contribution in [0.3, 0.4) is 0 Å². The van der Waals surface area contributed by atoms with Gasteiger partial charge in [-0.25, -0.2) is 19.9 Å². The molecule has 0 N–H and O–H groups in total. The number of hydrogen-bond acceptors (Lipinski definition) is 7. The molecule has 3 heterocycles. The number of aryl methyl sites for hydroxylation is 1. The molecule has 0 bridgehead atoms. The third kappa shape index (κ3) is 3.12. The summed E-state index contributed by atoms with van der Waals surface area (Å²) in [6.07, 6.45) is 4.07. The first-order valence-electron chi connectivity index (χ1n) is 8.74. The Morgan fingerprint density at radius 3 is 2.44 bits per heavy atom. The fraction of sp³-hybridized carbons (Fsp3) is 0.500. The maximum Gasteiger partial charge on any atom is 0.226 e. The lowest BCUT2D eigenvalue weighted by Crippen LogP contribution is -2.47. The number of nitriles is 1. The van der Waals surface area contributed by atoms with Gasteiger partial charge in [-0.3, -0.25) is 0 Å². The van der Waals surface area contributed by atoms with Gasteiger partial charge in [0, 0.05) is 49.6 Å². The molecule has 25 heavy (non-hydrogen) atoms. The second-order valence-corrected chi connectivity index (χ2v) is 6.72. The minimum Gasteiger partial charge on any atom is -0.353 e. The van der Waals surface area contributed by atoms with Crippen LogP contribution in [0.4, 0.5) is 11.8 Å². The van der Waals surface area contributed by atoms with E-state index >= 15 is 0 Å². The van der Waals surface area contributed by atoms with Crippen LogP contribution in [0.5, 0.6) is 0 Å².